The number of hydrogen-bond donors (Lipinski definition) is 0. The van der Waals surface area contributed by atoms with Crippen molar-refractivity contribution in [2.24, 2.45) is 29.6 Å². The van der Waals surface area contributed by atoms with Gasteiger partial charge in [-0.25, -0.2) is 0 Å². The topological polar surface area (TPSA) is 17.1 Å². The molecule has 22 heavy (non-hydrogen) atoms. The Morgan fingerprint density at radius 1 is 0.818 bits per heavy atom. The molecular weight excluding hydrogens is 268 g/mol. The summed E-state index contributed by atoms with van der Waals surface area (Å²) >= 11 is 0. The molecule has 0 N–H and O–H groups in total. The zero-order valence-corrected chi connectivity index (χ0v) is 15.1. The van der Waals surface area contributed by atoms with Gasteiger partial charge >= 0.3 is 0 Å². The van der Waals surface area contributed by atoms with Gasteiger partial charge in [-0.1, -0.05) is 58.8 Å². The van der Waals surface area contributed by atoms with E-state index < -0.39 is 0 Å². The van der Waals surface area contributed by atoms with Crippen LogP contribution in [0.15, 0.2) is 0 Å². The zero-order valence-electron chi connectivity index (χ0n) is 15.1. The second kappa shape index (κ2) is 9.73. The van der Waals surface area contributed by atoms with Crippen LogP contribution in [0.25, 0.3) is 0 Å². The third-order valence-corrected chi connectivity index (χ3v) is 6.36. The summed E-state index contributed by atoms with van der Waals surface area (Å²) in [6.07, 6.45) is 19.1. The van der Waals surface area contributed by atoms with Crippen LogP contribution in [-0.4, -0.2) is 6.29 Å². The van der Waals surface area contributed by atoms with Gasteiger partial charge in [-0.3, -0.25) is 0 Å². The van der Waals surface area contributed by atoms with Crippen LogP contribution in [0.5, 0.6) is 0 Å². The summed E-state index contributed by atoms with van der Waals surface area (Å²) in [5.41, 5.74) is 0. The molecule has 2 fully saturated rings. The van der Waals surface area contributed by atoms with Crippen molar-refractivity contribution in [2.75, 3.05) is 0 Å². The molecule has 0 bridgehead atoms. The van der Waals surface area contributed by atoms with E-state index in [0.29, 0.717) is 11.8 Å². The van der Waals surface area contributed by atoms with E-state index in [2.05, 4.69) is 13.8 Å². The molecule has 0 heterocycles. The van der Waals surface area contributed by atoms with Crippen molar-refractivity contribution < 1.29 is 4.79 Å². The predicted octanol–water partition coefficient (Wildman–Crippen LogP) is 6.40. The van der Waals surface area contributed by atoms with Crippen LogP contribution in [0.4, 0.5) is 0 Å². The molecule has 0 aromatic rings. The highest BCUT2D eigenvalue weighted by atomic mass is 16.1. The standard InChI is InChI=1S/C21H38O/c1-17-13-18(2)15-19(14-17)9-5-3-4-6-10-20-11-7-8-12-21(20)16-22/h16-21H,3-15H2,1-2H3. The Labute approximate surface area is 138 Å². The van der Waals surface area contributed by atoms with E-state index in [1.54, 1.807) is 0 Å². The van der Waals surface area contributed by atoms with E-state index in [1.807, 2.05) is 0 Å². The zero-order chi connectivity index (χ0) is 15.8. The quantitative estimate of drug-likeness (QED) is 0.374. The van der Waals surface area contributed by atoms with Crippen molar-refractivity contribution in [1.29, 1.82) is 0 Å². The smallest absolute Gasteiger partial charge is 0.123 e. The van der Waals surface area contributed by atoms with Gasteiger partial charge in [0.05, 0.1) is 0 Å². The van der Waals surface area contributed by atoms with Crippen LogP contribution in [0.2, 0.25) is 0 Å². The second-order valence-corrected chi connectivity index (χ2v) is 8.62. The van der Waals surface area contributed by atoms with Gasteiger partial charge in [-0.15, -0.1) is 0 Å². The molecule has 0 aromatic heterocycles. The molecule has 1 heteroatoms. The average molecular weight is 307 g/mol. The third-order valence-electron chi connectivity index (χ3n) is 6.36. The minimum absolute atomic E-state index is 0.388. The predicted molar refractivity (Wildman–Crippen MR) is 94.9 cm³/mol. The summed E-state index contributed by atoms with van der Waals surface area (Å²) in [6, 6.07) is 0. The third kappa shape index (κ3) is 6.05. The Balaban J connectivity index is 1.51. The average Bonchev–Trinajstić information content (AvgIpc) is 2.50. The molecule has 0 aliphatic heterocycles. The van der Waals surface area contributed by atoms with E-state index in [-0.39, 0.29) is 0 Å². The molecular formula is C21H38O. The van der Waals surface area contributed by atoms with Crippen molar-refractivity contribution in [3.63, 3.8) is 0 Å². The highest BCUT2D eigenvalue weighted by molar-refractivity contribution is 5.54. The molecule has 0 radical (unpaired) electrons. The van der Waals surface area contributed by atoms with E-state index in [1.165, 1.54) is 83.3 Å². The minimum atomic E-state index is 0.388. The number of aldehydes is 1. The van der Waals surface area contributed by atoms with E-state index >= 15 is 0 Å². The molecule has 4 unspecified atom stereocenters. The van der Waals surface area contributed by atoms with Crippen LogP contribution in [0.1, 0.15) is 97.3 Å². The lowest BCUT2D eigenvalue weighted by Gasteiger charge is -2.31. The first-order chi connectivity index (χ1) is 10.7. The van der Waals surface area contributed by atoms with Gasteiger partial charge in [0.15, 0.2) is 0 Å². The molecule has 2 saturated carbocycles. The largest absolute Gasteiger partial charge is 0.303 e. The highest BCUT2D eigenvalue weighted by Crippen LogP contribution is 2.36. The van der Waals surface area contributed by atoms with Crippen LogP contribution in [0, 0.1) is 29.6 Å². The fourth-order valence-corrected chi connectivity index (χ4v) is 5.32. The van der Waals surface area contributed by atoms with Gasteiger partial charge in [-0.05, 0) is 62.2 Å². The lowest BCUT2D eigenvalue weighted by atomic mass is 9.75. The molecule has 4 atom stereocenters. The summed E-state index contributed by atoms with van der Waals surface area (Å²) < 4.78 is 0. The molecule has 0 spiro atoms. The molecule has 2 aliphatic rings. The Morgan fingerprint density at radius 2 is 1.45 bits per heavy atom. The highest BCUT2D eigenvalue weighted by Gasteiger charge is 2.24. The Kier molecular flexibility index (Phi) is 7.97. The van der Waals surface area contributed by atoms with Gasteiger partial charge in [-0.2, -0.15) is 0 Å². The Hall–Kier alpha value is -0.330. The molecule has 1 nitrogen and oxygen atoms in total. The van der Waals surface area contributed by atoms with Crippen LogP contribution >= 0.6 is 0 Å². The van der Waals surface area contributed by atoms with Crippen molar-refractivity contribution >= 4 is 6.29 Å². The van der Waals surface area contributed by atoms with Crippen molar-refractivity contribution in [3.05, 3.63) is 0 Å². The molecule has 0 aromatic carbocycles. The normalized spacial score (nSPS) is 36.2. The van der Waals surface area contributed by atoms with Crippen LogP contribution in [0.3, 0.4) is 0 Å². The fraction of sp³-hybridized carbons (Fsp3) is 0.952. The fourth-order valence-electron chi connectivity index (χ4n) is 5.32. The summed E-state index contributed by atoms with van der Waals surface area (Å²) in [4.78, 5) is 11.1. The lowest BCUT2D eigenvalue weighted by molar-refractivity contribution is -0.113. The molecule has 128 valence electrons. The maximum Gasteiger partial charge on any atom is 0.123 e. The number of rotatable bonds is 8. The van der Waals surface area contributed by atoms with Crippen molar-refractivity contribution in [2.45, 2.75) is 97.3 Å². The van der Waals surface area contributed by atoms with Crippen LogP contribution < -0.4 is 0 Å². The maximum atomic E-state index is 11.1. The van der Waals surface area contributed by atoms with E-state index in [0.717, 1.165) is 24.2 Å². The van der Waals surface area contributed by atoms with Crippen molar-refractivity contribution in [1.82, 2.24) is 0 Å². The van der Waals surface area contributed by atoms with Gasteiger partial charge in [0.25, 0.3) is 0 Å². The number of carbonyl (C=O) groups excluding carboxylic acids is 1. The first-order valence-electron chi connectivity index (χ1n) is 10.1. The molecule has 2 rings (SSSR count). The summed E-state index contributed by atoms with van der Waals surface area (Å²) in [5, 5.41) is 0. The Bertz CT molecular complexity index is 301. The molecule has 0 amide bonds. The first kappa shape index (κ1) is 18.0. The van der Waals surface area contributed by atoms with Crippen LogP contribution in [-0.2, 0) is 4.79 Å². The number of hydrogen-bond acceptors (Lipinski definition) is 1. The van der Waals surface area contributed by atoms with Gasteiger partial charge in [0, 0.05) is 5.92 Å². The van der Waals surface area contributed by atoms with E-state index in [4.69, 9.17) is 0 Å². The first-order valence-corrected chi connectivity index (χ1v) is 10.1. The maximum absolute atomic E-state index is 11.1. The minimum Gasteiger partial charge on any atom is -0.303 e. The Morgan fingerprint density at radius 3 is 2.14 bits per heavy atom. The lowest BCUT2D eigenvalue weighted by Crippen LogP contribution is -2.20. The van der Waals surface area contributed by atoms with Gasteiger partial charge < -0.3 is 4.79 Å². The SMILES string of the molecule is CC1CC(C)CC(CCCCCCC2CCCCC2C=O)C1. The van der Waals surface area contributed by atoms with E-state index in [9.17, 15) is 4.79 Å². The molecule has 2 aliphatic carbocycles. The summed E-state index contributed by atoms with van der Waals surface area (Å²) in [5.74, 6) is 4.03. The second-order valence-electron chi connectivity index (χ2n) is 8.62. The van der Waals surface area contributed by atoms with Crippen molar-refractivity contribution in [3.8, 4) is 0 Å². The number of carbonyl (C=O) groups is 1. The molecule has 0 saturated heterocycles. The van der Waals surface area contributed by atoms with Gasteiger partial charge in [0.2, 0.25) is 0 Å². The monoisotopic (exact) mass is 306 g/mol. The summed E-state index contributed by atoms with van der Waals surface area (Å²) in [6.45, 7) is 4.88. The van der Waals surface area contributed by atoms with Gasteiger partial charge in [0.1, 0.15) is 6.29 Å². The summed E-state index contributed by atoms with van der Waals surface area (Å²) in [7, 11) is 0. The number of unbranched alkanes of at least 4 members (excludes halogenated alkanes) is 3.